The van der Waals surface area contributed by atoms with Crippen LogP contribution in [0, 0.1) is 0 Å². The van der Waals surface area contributed by atoms with Gasteiger partial charge in [-0.3, -0.25) is 14.5 Å². The van der Waals surface area contributed by atoms with E-state index in [9.17, 15) is 14.4 Å². The third kappa shape index (κ3) is 4.32. The van der Waals surface area contributed by atoms with Crippen LogP contribution >= 0.6 is 0 Å². The van der Waals surface area contributed by atoms with Crippen molar-refractivity contribution in [3.05, 3.63) is 102 Å². The van der Waals surface area contributed by atoms with Crippen LogP contribution in [0.2, 0.25) is 0 Å². The second-order valence-electron chi connectivity index (χ2n) is 9.75. The van der Waals surface area contributed by atoms with Gasteiger partial charge in [-0.15, -0.1) is 0 Å². The molecule has 0 radical (unpaired) electrons. The van der Waals surface area contributed by atoms with Crippen molar-refractivity contribution in [3.63, 3.8) is 0 Å². The number of nitrogens with zero attached hydrogens (tertiary/aromatic N) is 2. The molecule has 1 fully saturated rings. The Hall–Kier alpha value is -4.45. The molecule has 2 heterocycles. The number of esters is 1. The Kier molecular flexibility index (Phi) is 6.38. The van der Waals surface area contributed by atoms with Crippen LogP contribution in [-0.4, -0.2) is 48.9 Å². The number of ether oxygens (including phenoxy) is 1. The minimum absolute atomic E-state index is 0.00475. The van der Waals surface area contributed by atoms with Crippen LogP contribution in [0.1, 0.15) is 50.3 Å². The van der Waals surface area contributed by atoms with Crippen molar-refractivity contribution in [3.8, 4) is 11.1 Å². The molecule has 0 atom stereocenters. The molecule has 6 nitrogen and oxygen atoms in total. The third-order valence-electron chi connectivity index (χ3n) is 7.44. The van der Waals surface area contributed by atoms with E-state index < -0.39 is 5.97 Å². The van der Waals surface area contributed by atoms with Crippen LogP contribution in [0.15, 0.2) is 84.9 Å². The predicted octanol–water partition coefficient (Wildman–Crippen LogP) is 5.95. The standard InChI is InChI=1S/C32H28N2O4/c35-30-26-11-7-10-25-28(33-18-5-2-6-19-33)17-16-27(29(25)26)31(36)34(30)20-21-38-32(37)24-14-12-23(13-15-24)22-8-3-1-4-9-22/h1,3-4,7-17H,2,5-6,18-21H2. The van der Waals surface area contributed by atoms with Crippen molar-refractivity contribution >= 4 is 34.2 Å². The smallest absolute Gasteiger partial charge is 0.338 e. The average Bonchev–Trinajstić information content (AvgIpc) is 2.98. The number of piperidine rings is 1. The van der Waals surface area contributed by atoms with Gasteiger partial charge in [0.25, 0.3) is 11.8 Å². The zero-order valence-electron chi connectivity index (χ0n) is 21.1. The van der Waals surface area contributed by atoms with E-state index in [0.29, 0.717) is 16.7 Å². The van der Waals surface area contributed by atoms with Gasteiger partial charge in [0.2, 0.25) is 0 Å². The number of carbonyl (C=O) groups excluding carboxylic acids is 3. The molecule has 0 aromatic heterocycles. The lowest BCUT2D eigenvalue weighted by molar-refractivity contribution is 0.0405. The van der Waals surface area contributed by atoms with E-state index in [1.165, 1.54) is 11.3 Å². The summed E-state index contributed by atoms with van der Waals surface area (Å²) in [5.74, 6) is -1.20. The molecule has 2 amide bonds. The largest absolute Gasteiger partial charge is 0.460 e. The lowest BCUT2D eigenvalue weighted by Crippen LogP contribution is -2.42. The molecule has 4 aromatic carbocycles. The average molecular weight is 505 g/mol. The molecule has 190 valence electrons. The van der Waals surface area contributed by atoms with Gasteiger partial charge in [-0.25, -0.2) is 4.79 Å². The summed E-state index contributed by atoms with van der Waals surface area (Å²) >= 11 is 0. The Bertz CT molecular complexity index is 1500. The quantitative estimate of drug-likeness (QED) is 0.240. The SMILES string of the molecule is O=C(OCCN1C(=O)c2cccc3c(N4CCCCC4)ccc(c23)C1=O)c1ccc(-c2ccccc2)cc1. The number of anilines is 1. The topological polar surface area (TPSA) is 66.9 Å². The molecule has 0 spiro atoms. The Morgan fingerprint density at radius 2 is 1.39 bits per heavy atom. The molecule has 0 aliphatic carbocycles. The molecule has 4 aromatic rings. The van der Waals surface area contributed by atoms with Crippen LogP contribution in [0.5, 0.6) is 0 Å². The van der Waals surface area contributed by atoms with Gasteiger partial charge < -0.3 is 9.64 Å². The number of imide groups is 1. The maximum absolute atomic E-state index is 13.4. The number of benzene rings is 4. The normalized spacial score (nSPS) is 15.2. The van der Waals surface area contributed by atoms with Gasteiger partial charge in [-0.05, 0) is 60.7 Å². The number of carbonyl (C=O) groups is 3. The van der Waals surface area contributed by atoms with E-state index in [4.69, 9.17) is 4.74 Å². The second-order valence-corrected chi connectivity index (χ2v) is 9.75. The second kappa shape index (κ2) is 10.1. The van der Waals surface area contributed by atoms with Crippen molar-refractivity contribution in [2.75, 3.05) is 31.1 Å². The van der Waals surface area contributed by atoms with Gasteiger partial charge in [0.15, 0.2) is 0 Å². The fraction of sp³-hybridized carbons (Fsp3) is 0.219. The van der Waals surface area contributed by atoms with Crippen LogP contribution in [0.25, 0.3) is 21.9 Å². The van der Waals surface area contributed by atoms with Gasteiger partial charge in [0.1, 0.15) is 6.61 Å². The molecule has 38 heavy (non-hydrogen) atoms. The monoisotopic (exact) mass is 504 g/mol. The van der Waals surface area contributed by atoms with Gasteiger partial charge in [-0.2, -0.15) is 0 Å². The van der Waals surface area contributed by atoms with E-state index in [1.807, 2.05) is 66.7 Å². The molecule has 1 saturated heterocycles. The number of amides is 2. The Labute approximate surface area is 221 Å². The van der Waals surface area contributed by atoms with Crippen molar-refractivity contribution in [2.24, 2.45) is 0 Å². The number of hydrogen-bond donors (Lipinski definition) is 0. The van der Waals surface area contributed by atoms with Gasteiger partial charge in [0.05, 0.1) is 12.1 Å². The predicted molar refractivity (Wildman–Crippen MR) is 148 cm³/mol. The maximum Gasteiger partial charge on any atom is 0.338 e. The van der Waals surface area contributed by atoms with E-state index >= 15 is 0 Å². The molecule has 6 rings (SSSR count). The Morgan fingerprint density at radius 1 is 0.711 bits per heavy atom. The Morgan fingerprint density at radius 3 is 2.13 bits per heavy atom. The van der Waals surface area contributed by atoms with Crippen molar-refractivity contribution in [1.82, 2.24) is 4.90 Å². The van der Waals surface area contributed by atoms with E-state index in [2.05, 4.69) is 4.90 Å². The van der Waals surface area contributed by atoms with Crippen LogP contribution < -0.4 is 4.90 Å². The molecule has 0 unspecified atom stereocenters. The van der Waals surface area contributed by atoms with Gasteiger partial charge in [0, 0.05) is 40.7 Å². The fourth-order valence-electron chi connectivity index (χ4n) is 5.49. The van der Waals surface area contributed by atoms with Crippen LogP contribution in [-0.2, 0) is 4.74 Å². The molecular weight excluding hydrogens is 476 g/mol. The van der Waals surface area contributed by atoms with E-state index in [1.54, 1.807) is 18.2 Å². The Balaban J connectivity index is 1.16. The van der Waals surface area contributed by atoms with Crippen LogP contribution in [0.3, 0.4) is 0 Å². The summed E-state index contributed by atoms with van der Waals surface area (Å²) < 4.78 is 5.44. The van der Waals surface area contributed by atoms with Gasteiger partial charge in [-0.1, -0.05) is 54.6 Å². The highest BCUT2D eigenvalue weighted by Crippen LogP contribution is 2.36. The first kappa shape index (κ1) is 23.9. The lowest BCUT2D eigenvalue weighted by atomic mass is 9.92. The third-order valence-corrected chi connectivity index (χ3v) is 7.44. The zero-order chi connectivity index (χ0) is 26.1. The molecule has 0 saturated carbocycles. The van der Waals surface area contributed by atoms with Crippen molar-refractivity contribution < 1.29 is 19.1 Å². The van der Waals surface area contributed by atoms with E-state index in [-0.39, 0.29) is 25.0 Å². The first-order valence-corrected chi connectivity index (χ1v) is 13.1. The highest BCUT2D eigenvalue weighted by Gasteiger charge is 2.33. The molecular formula is C32H28N2O4. The minimum Gasteiger partial charge on any atom is -0.460 e. The number of hydrogen-bond acceptors (Lipinski definition) is 5. The minimum atomic E-state index is -0.491. The molecule has 2 aliphatic heterocycles. The lowest BCUT2D eigenvalue weighted by Gasteiger charge is -2.32. The van der Waals surface area contributed by atoms with Crippen molar-refractivity contribution in [1.29, 1.82) is 0 Å². The van der Waals surface area contributed by atoms with Gasteiger partial charge >= 0.3 is 5.97 Å². The summed E-state index contributed by atoms with van der Waals surface area (Å²) in [5.41, 5.74) is 4.58. The highest BCUT2D eigenvalue weighted by atomic mass is 16.5. The first-order valence-electron chi connectivity index (χ1n) is 13.1. The highest BCUT2D eigenvalue weighted by molar-refractivity contribution is 6.26. The first-order chi connectivity index (χ1) is 18.6. The summed E-state index contributed by atoms with van der Waals surface area (Å²) in [6, 6.07) is 26.6. The summed E-state index contributed by atoms with van der Waals surface area (Å²) in [5, 5.41) is 1.66. The summed E-state index contributed by atoms with van der Waals surface area (Å²) in [7, 11) is 0. The van der Waals surface area contributed by atoms with Crippen molar-refractivity contribution in [2.45, 2.75) is 19.3 Å². The summed E-state index contributed by atoms with van der Waals surface area (Å²) in [4.78, 5) is 42.9. The van der Waals surface area contributed by atoms with E-state index in [0.717, 1.165) is 53.5 Å². The molecule has 6 heteroatoms. The maximum atomic E-state index is 13.4. The molecule has 0 bridgehead atoms. The molecule has 0 N–H and O–H groups in total. The fourth-order valence-corrected chi connectivity index (χ4v) is 5.49. The van der Waals surface area contributed by atoms with Crippen LogP contribution in [0.4, 0.5) is 5.69 Å². The zero-order valence-corrected chi connectivity index (χ0v) is 21.1. The summed E-state index contributed by atoms with van der Waals surface area (Å²) in [6.45, 7) is 1.88. The number of rotatable bonds is 6. The molecule has 2 aliphatic rings. The summed E-state index contributed by atoms with van der Waals surface area (Å²) in [6.07, 6.45) is 3.52.